The number of aliphatic hydroxyl groups is 1. The van der Waals surface area contributed by atoms with Crippen LogP contribution in [0.3, 0.4) is 0 Å². The molecule has 0 aromatic heterocycles. The monoisotopic (exact) mass is 401 g/mol. The molecule has 3 aliphatic rings. The van der Waals surface area contributed by atoms with Crippen molar-refractivity contribution in [3.8, 4) is 5.75 Å². The van der Waals surface area contributed by atoms with E-state index in [1.165, 1.54) is 5.56 Å². The lowest BCUT2D eigenvalue weighted by Gasteiger charge is -2.58. The van der Waals surface area contributed by atoms with Crippen LogP contribution in [-0.2, 0) is 4.79 Å². The van der Waals surface area contributed by atoms with Crippen LogP contribution in [0.25, 0.3) is 6.08 Å². The third-order valence-electron chi connectivity index (χ3n) is 7.02. The molecular weight excluding hydrogens is 374 g/mol. The molecular formula is C26H27NO3. The molecule has 4 nitrogen and oxygen atoms in total. The number of rotatable bonds is 2. The molecule has 154 valence electrons. The van der Waals surface area contributed by atoms with E-state index in [4.69, 9.17) is 4.74 Å². The quantitative estimate of drug-likeness (QED) is 0.545. The first-order valence-electron chi connectivity index (χ1n) is 10.8. The van der Waals surface area contributed by atoms with Crippen LogP contribution in [0.15, 0.2) is 65.9 Å². The van der Waals surface area contributed by atoms with Crippen LogP contribution in [0.1, 0.15) is 48.3 Å². The molecule has 1 aliphatic carbocycles. The number of aliphatic hydroxyl groups excluding tert-OH is 1. The van der Waals surface area contributed by atoms with Gasteiger partial charge in [-0.25, -0.2) is 0 Å². The summed E-state index contributed by atoms with van der Waals surface area (Å²) in [5.41, 5.74) is 3.06. The Labute approximate surface area is 177 Å². The zero-order valence-electron chi connectivity index (χ0n) is 17.5. The number of amides is 1. The second-order valence-corrected chi connectivity index (χ2v) is 8.72. The Morgan fingerprint density at radius 3 is 2.73 bits per heavy atom. The highest BCUT2D eigenvalue weighted by atomic mass is 16.5. The fourth-order valence-electron chi connectivity index (χ4n) is 5.48. The lowest BCUT2D eigenvalue weighted by Crippen LogP contribution is -2.67. The summed E-state index contributed by atoms with van der Waals surface area (Å²) in [5, 5.41) is 11.1. The van der Waals surface area contributed by atoms with E-state index in [1.54, 1.807) is 11.0 Å². The molecule has 1 N–H and O–H groups in total. The molecule has 2 bridgehead atoms. The molecule has 0 radical (unpaired) electrons. The van der Waals surface area contributed by atoms with E-state index in [0.717, 1.165) is 42.6 Å². The minimum Gasteiger partial charge on any atom is -0.507 e. The number of likely N-dealkylation sites (tertiary alicyclic amines) is 1. The summed E-state index contributed by atoms with van der Waals surface area (Å²) in [7, 11) is 1.82. The highest BCUT2D eigenvalue weighted by Gasteiger charge is 2.60. The molecule has 2 heterocycles. The second-order valence-electron chi connectivity index (χ2n) is 8.72. The fraction of sp³-hybridized carbons (Fsp3) is 0.346. The van der Waals surface area contributed by atoms with E-state index >= 15 is 0 Å². The van der Waals surface area contributed by atoms with Crippen molar-refractivity contribution in [2.45, 2.75) is 44.2 Å². The normalized spacial score (nSPS) is 29.3. The minimum atomic E-state index is -0.612. The zero-order valence-corrected chi connectivity index (χ0v) is 17.5. The molecule has 4 heteroatoms. The van der Waals surface area contributed by atoms with E-state index in [9.17, 15) is 9.90 Å². The Morgan fingerprint density at radius 1 is 1.17 bits per heavy atom. The topological polar surface area (TPSA) is 49.8 Å². The molecule has 2 aliphatic heterocycles. The lowest BCUT2D eigenvalue weighted by atomic mass is 9.63. The van der Waals surface area contributed by atoms with Crippen molar-refractivity contribution >= 4 is 12.0 Å². The molecule has 2 fully saturated rings. The van der Waals surface area contributed by atoms with Gasteiger partial charge in [0.2, 0.25) is 0 Å². The molecule has 3 unspecified atom stereocenters. The van der Waals surface area contributed by atoms with Crippen molar-refractivity contribution in [1.29, 1.82) is 0 Å². The van der Waals surface area contributed by atoms with Crippen LogP contribution in [0.5, 0.6) is 5.75 Å². The molecule has 5 rings (SSSR count). The summed E-state index contributed by atoms with van der Waals surface area (Å²) in [6.07, 6.45) is 7.50. The molecule has 1 saturated heterocycles. The Kier molecular flexibility index (Phi) is 4.46. The van der Waals surface area contributed by atoms with Crippen molar-refractivity contribution in [3.05, 3.63) is 82.6 Å². The van der Waals surface area contributed by atoms with Crippen LogP contribution in [-0.4, -0.2) is 28.7 Å². The number of hydrogen-bond donors (Lipinski definition) is 1. The van der Waals surface area contributed by atoms with Crippen LogP contribution >= 0.6 is 0 Å². The van der Waals surface area contributed by atoms with Gasteiger partial charge in [0.05, 0.1) is 5.57 Å². The molecule has 0 spiro atoms. The van der Waals surface area contributed by atoms with Gasteiger partial charge in [-0.2, -0.15) is 0 Å². The van der Waals surface area contributed by atoms with E-state index in [1.807, 2.05) is 68.6 Å². The van der Waals surface area contributed by atoms with Gasteiger partial charge in [-0.1, -0.05) is 60.5 Å². The van der Waals surface area contributed by atoms with Crippen molar-refractivity contribution in [2.24, 2.45) is 5.92 Å². The third-order valence-corrected chi connectivity index (χ3v) is 7.02. The van der Waals surface area contributed by atoms with Crippen LogP contribution in [0.4, 0.5) is 0 Å². The number of carbonyl (C=O) groups is 1. The van der Waals surface area contributed by atoms with Gasteiger partial charge in [0.1, 0.15) is 11.5 Å². The van der Waals surface area contributed by atoms with Crippen LogP contribution in [0.2, 0.25) is 0 Å². The smallest absolute Gasteiger partial charge is 0.256 e. The summed E-state index contributed by atoms with van der Waals surface area (Å²) in [6, 6.07) is 16.1. The van der Waals surface area contributed by atoms with Gasteiger partial charge in [-0.15, -0.1) is 0 Å². The van der Waals surface area contributed by atoms with Crippen molar-refractivity contribution in [2.75, 3.05) is 7.05 Å². The maximum Gasteiger partial charge on any atom is 0.256 e. The van der Waals surface area contributed by atoms with Crippen molar-refractivity contribution < 1.29 is 14.6 Å². The molecule has 3 atom stereocenters. The van der Waals surface area contributed by atoms with Gasteiger partial charge in [0.15, 0.2) is 5.72 Å². The van der Waals surface area contributed by atoms with Crippen LogP contribution < -0.4 is 4.74 Å². The molecule has 30 heavy (non-hydrogen) atoms. The highest BCUT2D eigenvalue weighted by Crippen LogP contribution is 2.58. The number of benzene rings is 2. The number of fused-ring (bicyclic) bond motifs is 2. The number of carbonyl (C=O) groups excluding carboxylic acids is 1. The van der Waals surface area contributed by atoms with Gasteiger partial charge in [0, 0.05) is 30.9 Å². The molecule has 1 saturated carbocycles. The standard InChI is InChI=1S/C26H27NO3/c1-17-10-12-18(13-11-17)14-15-21(28)24-23-19-7-3-4-9-22(19)30-26(27(2)25(24)29)16-6-5-8-20(23)26/h3-4,7,9-15,20,23,28H,5-6,8,16H2,1-2H3/b15-14?,24-21-. The summed E-state index contributed by atoms with van der Waals surface area (Å²) in [6.45, 7) is 2.04. The number of piperidine rings is 1. The van der Waals surface area contributed by atoms with Gasteiger partial charge >= 0.3 is 0 Å². The summed E-state index contributed by atoms with van der Waals surface area (Å²) in [4.78, 5) is 15.2. The number of allylic oxidation sites excluding steroid dienone is 1. The van der Waals surface area contributed by atoms with Crippen molar-refractivity contribution in [3.63, 3.8) is 0 Å². The Hall–Kier alpha value is -3.01. The van der Waals surface area contributed by atoms with Gasteiger partial charge in [-0.3, -0.25) is 4.79 Å². The highest BCUT2D eigenvalue weighted by molar-refractivity contribution is 5.98. The average Bonchev–Trinajstić information content (AvgIpc) is 2.77. The molecule has 2 aromatic carbocycles. The predicted octanol–water partition coefficient (Wildman–Crippen LogP) is 5.36. The number of nitrogens with zero attached hydrogens (tertiary/aromatic N) is 1. The van der Waals surface area contributed by atoms with E-state index < -0.39 is 5.72 Å². The Balaban J connectivity index is 1.64. The largest absolute Gasteiger partial charge is 0.507 e. The Morgan fingerprint density at radius 2 is 1.93 bits per heavy atom. The molecule has 1 amide bonds. The van der Waals surface area contributed by atoms with Crippen molar-refractivity contribution in [1.82, 2.24) is 4.90 Å². The van der Waals surface area contributed by atoms with E-state index in [0.29, 0.717) is 5.57 Å². The van der Waals surface area contributed by atoms with E-state index in [-0.39, 0.29) is 23.5 Å². The Bertz CT molecular complexity index is 1050. The number of ether oxygens (including phenoxy) is 1. The number of para-hydroxylation sites is 1. The van der Waals surface area contributed by atoms with E-state index in [2.05, 4.69) is 0 Å². The average molecular weight is 402 g/mol. The van der Waals surface area contributed by atoms with Gasteiger partial charge < -0.3 is 14.7 Å². The molecule has 2 aromatic rings. The first-order valence-corrected chi connectivity index (χ1v) is 10.8. The maximum atomic E-state index is 13.5. The van der Waals surface area contributed by atoms with Gasteiger partial charge in [0.25, 0.3) is 5.91 Å². The lowest BCUT2D eigenvalue weighted by molar-refractivity contribution is -0.183. The number of hydrogen-bond acceptors (Lipinski definition) is 3. The maximum absolute atomic E-state index is 13.5. The third kappa shape index (κ3) is 2.78. The van der Waals surface area contributed by atoms with Crippen LogP contribution in [0, 0.1) is 12.8 Å². The number of aryl methyl sites for hydroxylation is 1. The first kappa shape index (κ1) is 19.0. The minimum absolute atomic E-state index is 0.0494. The fourth-order valence-corrected chi connectivity index (χ4v) is 5.48. The summed E-state index contributed by atoms with van der Waals surface area (Å²) < 4.78 is 6.53. The predicted molar refractivity (Wildman–Crippen MR) is 117 cm³/mol. The zero-order chi connectivity index (χ0) is 20.9. The summed E-state index contributed by atoms with van der Waals surface area (Å²) >= 11 is 0. The number of likely N-dealkylation sites (N-methyl/N-ethyl adjacent to an activating group) is 1. The first-order chi connectivity index (χ1) is 14.5. The SMILES string of the molecule is Cc1ccc(C=C/C(O)=C2/C(=O)N(C)C34CCCCC3C2c2ccccc2O4)cc1. The second kappa shape index (κ2) is 7.05. The summed E-state index contributed by atoms with van der Waals surface area (Å²) in [5.74, 6) is 0.732. The van der Waals surface area contributed by atoms with Gasteiger partial charge in [-0.05, 0) is 37.5 Å².